The molecule has 1 N–H and O–H groups in total. The first-order chi connectivity index (χ1) is 14.2. The maximum Gasteiger partial charge on any atom is 0.180 e. The van der Waals surface area contributed by atoms with Crippen molar-refractivity contribution < 1.29 is 10.0 Å². The molecule has 0 aromatic carbocycles. The van der Waals surface area contributed by atoms with Crippen LogP contribution in [0.2, 0.25) is 0 Å². The van der Waals surface area contributed by atoms with Crippen molar-refractivity contribution in [3.05, 3.63) is 0 Å². The van der Waals surface area contributed by atoms with Gasteiger partial charge in [0.25, 0.3) is 0 Å². The number of carbonyl (C=O) groups is 1. The van der Waals surface area contributed by atoms with Crippen molar-refractivity contribution in [2.45, 2.75) is 105 Å². The Morgan fingerprint density at radius 2 is 1.73 bits per heavy atom. The molecule has 3 heteroatoms. The zero-order valence-electron chi connectivity index (χ0n) is 20.1. The van der Waals surface area contributed by atoms with E-state index in [1.54, 1.807) is 0 Å². The molecule has 4 fully saturated rings. The Balaban J connectivity index is 1.50. The number of rotatable bonds is 5. The molecule has 5 unspecified atom stereocenters. The van der Waals surface area contributed by atoms with Crippen molar-refractivity contribution in [2.24, 2.45) is 57.4 Å². The first-order valence-corrected chi connectivity index (χ1v) is 12.9. The summed E-state index contributed by atoms with van der Waals surface area (Å²) < 4.78 is 0. The van der Waals surface area contributed by atoms with Gasteiger partial charge in [0.15, 0.2) is 5.78 Å². The number of Topliss-reactive ketones (excluding diaryl/α,β-unsaturated/α-hetero) is 1. The summed E-state index contributed by atoms with van der Waals surface area (Å²) in [5, 5.41) is 12.8. The van der Waals surface area contributed by atoms with Gasteiger partial charge in [-0.3, -0.25) is 4.79 Å². The molecule has 0 bridgehead atoms. The van der Waals surface area contributed by atoms with Gasteiger partial charge < -0.3 is 5.21 Å². The molecule has 8 atom stereocenters. The molecule has 0 heterocycles. The van der Waals surface area contributed by atoms with Crippen LogP contribution in [0.5, 0.6) is 0 Å². The number of oxime groups is 1. The third kappa shape index (κ3) is 3.56. The lowest BCUT2D eigenvalue weighted by molar-refractivity contribution is -0.127. The summed E-state index contributed by atoms with van der Waals surface area (Å²) in [6, 6.07) is 0. The first kappa shape index (κ1) is 22.3. The fourth-order valence-corrected chi connectivity index (χ4v) is 9.06. The summed E-state index contributed by atoms with van der Waals surface area (Å²) in [5.41, 5.74) is 1.12. The Kier molecular flexibility index (Phi) is 6.14. The Morgan fingerprint density at radius 1 is 1.00 bits per heavy atom. The van der Waals surface area contributed by atoms with Crippen LogP contribution < -0.4 is 0 Å². The minimum absolute atomic E-state index is 0.0928. The fraction of sp³-hybridized carbons (Fsp3) is 0.926. The van der Waals surface area contributed by atoms with Crippen LogP contribution in [0.15, 0.2) is 5.16 Å². The molecule has 0 aromatic heterocycles. The summed E-state index contributed by atoms with van der Waals surface area (Å²) >= 11 is 0. The number of hydrogen-bond donors (Lipinski definition) is 1. The third-order valence-corrected chi connectivity index (χ3v) is 10.7. The predicted molar refractivity (Wildman–Crippen MR) is 123 cm³/mol. The second kappa shape index (κ2) is 8.24. The number of carbonyl (C=O) groups excluding carboxylic acids is 1. The molecule has 4 rings (SSSR count). The highest BCUT2D eigenvalue weighted by atomic mass is 16.4. The van der Waals surface area contributed by atoms with Crippen LogP contribution >= 0.6 is 0 Å². The van der Waals surface area contributed by atoms with Crippen molar-refractivity contribution in [2.75, 3.05) is 0 Å². The van der Waals surface area contributed by atoms with Crippen LogP contribution in [0, 0.1) is 52.3 Å². The molecular weight excluding hydrogens is 370 g/mol. The highest BCUT2D eigenvalue weighted by Crippen LogP contribution is 2.68. The van der Waals surface area contributed by atoms with Crippen molar-refractivity contribution in [1.29, 1.82) is 0 Å². The number of ketones is 1. The second-order valence-corrected chi connectivity index (χ2v) is 12.5. The smallest absolute Gasteiger partial charge is 0.180 e. The lowest BCUT2D eigenvalue weighted by Gasteiger charge is -2.60. The van der Waals surface area contributed by atoms with Gasteiger partial charge in [0.05, 0.1) is 0 Å². The van der Waals surface area contributed by atoms with Crippen LogP contribution in [-0.4, -0.2) is 16.7 Å². The van der Waals surface area contributed by atoms with E-state index in [9.17, 15) is 10.0 Å². The highest BCUT2D eigenvalue weighted by molar-refractivity contribution is 6.40. The van der Waals surface area contributed by atoms with Crippen LogP contribution in [0.3, 0.4) is 0 Å². The van der Waals surface area contributed by atoms with Crippen LogP contribution in [0.1, 0.15) is 105 Å². The standard InChI is InChI=1S/C27H45NO2/c1-17(2)7-6-8-18(3)21-11-12-22-20-10-9-19-15-25(29)24(28-30)16-27(19,5)23(20)13-14-26(21,22)4/h17-23,30H,6-16H2,1-5H3/b28-24+/t18-,19?,20?,21?,22?,23?,26-,27+/m1/s1. The summed E-state index contributed by atoms with van der Waals surface area (Å²) in [4.78, 5) is 12.4. The predicted octanol–water partition coefficient (Wildman–Crippen LogP) is 7.12. The molecule has 30 heavy (non-hydrogen) atoms. The number of hydrogen-bond acceptors (Lipinski definition) is 3. The molecular formula is C27H45NO2. The number of fused-ring (bicyclic) bond motifs is 5. The van der Waals surface area contributed by atoms with Gasteiger partial charge in [-0.2, -0.15) is 0 Å². The average Bonchev–Trinajstić information content (AvgIpc) is 3.05. The van der Waals surface area contributed by atoms with E-state index < -0.39 is 0 Å². The maximum absolute atomic E-state index is 12.4. The Morgan fingerprint density at radius 3 is 2.43 bits per heavy atom. The van der Waals surface area contributed by atoms with Crippen LogP contribution in [-0.2, 0) is 4.79 Å². The Labute approximate surface area is 184 Å². The quantitative estimate of drug-likeness (QED) is 0.384. The van der Waals surface area contributed by atoms with E-state index in [-0.39, 0.29) is 11.2 Å². The van der Waals surface area contributed by atoms with Crippen LogP contribution in [0.4, 0.5) is 0 Å². The van der Waals surface area contributed by atoms with Gasteiger partial charge in [-0.15, -0.1) is 0 Å². The molecule has 0 aliphatic heterocycles. The van der Waals surface area contributed by atoms with E-state index in [1.807, 2.05) is 0 Å². The van der Waals surface area contributed by atoms with Gasteiger partial charge in [-0.05, 0) is 90.8 Å². The molecule has 4 aliphatic carbocycles. The lowest BCUT2D eigenvalue weighted by atomic mass is 9.44. The zero-order valence-corrected chi connectivity index (χ0v) is 20.1. The van der Waals surface area contributed by atoms with E-state index >= 15 is 0 Å². The molecule has 0 aromatic rings. The summed E-state index contributed by atoms with van der Waals surface area (Å²) in [5.74, 6) is 5.53. The minimum atomic E-state index is 0.0928. The van der Waals surface area contributed by atoms with Crippen molar-refractivity contribution >= 4 is 11.5 Å². The molecule has 4 aliphatic rings. The molecule has 0 saturated heterocycles. The summed E-state index contributed by atoms with van der Waals surface area (Å²) in [6.45, 7) is 12.3. The van der Waals surface area contributed by atoms with E-state index in [4.69, 9.17) is 0 Å². The average molecular weight is 416 g/mol. The molecule has 0 amide bonds. The van der Waals surface area contributed by atoms with Crippen LogP contribution in [0.25, 0.3) is 0 Å². The van der Waals surface area contributed by atoms with Gasteiger partial charge in [0.2, 0.25) is 0 Å². The normalized spacial score (nSPS) is 45.9. The summed E-state index contributed by atoms with van der Waals surface area (Å²) in [6.07, 6.45) is 13.5. The van der Waals surface area contributed by atoms with E-state index in [0.29, 0.717) is 35.8 Å². The monoisotopic (exact) mass is 415 g/mol. The molecule has 4 saturated carbocycles. The van der Waals surface area contributed by atoms with Crippen molar-refractivity contribution in [1.82, 2.24) is 0 Å². The molecule has 170 valence electrons. The second-order valence-electron chi connectivity index (χ2n) is 12.5. The van der Waals surface area contributed by atoms with E-state index in [1.165, 1.54) is 57.8 Å². The first-order valence-electron chi connectivity index (χ1n) is 12.9. The minimum Gasteiger partial charge on any atom is -0.411 e. The van der Waals surface area contributed by atoms with E-state index in [2.05, 4.69) is 39.8 Å². The lowest BCUT2D eigenvalue weighted by Crippen LogP contribution is -2.55. The van der Waals surface area contributed by atoms with Crippen molar-refractivity contribution in [3.63, 3.8) is 0 Å². The van der Waals surface area contributed by atoms with Gasteiger partial charge >= 0.3 is 0 Å². The fourth-order valence-electron chi connectivity index (χ4n) is 9.06. The zero-order chi connectivity index (χ0) is 21.7. The Hall–Kier alpha value is -0.860. The topological polar surface area (TPSA) is 49.7 Å². The van der Waals surface area contributed by atoms with E-state index in [0.717, 1.165) is 29.6 Å². The highest BCUT2D eigenvalue weighted by Gasteiger charge is 2.61. The molecule has 0 radical (unpaired) electrons. The van der Waals surface area contributed by atoms with Gasteiger partial charge in [-0.25, -0.2) is 0 Å². The SMILES string of the molecule is CC(C)CCC[C@@H](C)C1CCC2C3CCC4CC(=O)/C(=N/O)C[C@]4(C)C3CC[C@@]21C. The van der Waals surface area contributed by atoms with Gasteiger partial charge in [0, 0.05) is 12.8 Å². The molecule has 0 spiro atoms. The maximum atomic E-state index is 12.4. The summed E-state index contributed by atoms with van der Waals surface area (Å²) in [7, 11) is 0. The molecule has 3 nitrogen and oxygen atoms in total. The van der Waals surface area contributed by atoms with Crippen molar-refractivity contribution in [3.8, 4) is 0 Å². The van der Waals surface area contributed by atoms with Gasteiger partial charge in [-0.1, -0.05) is 59.0 Å². The van der Waals surface area contributed by atoms with Gasteiger partial charge in [0.1, 0.15) is 5.71 Å². The number of nitrogens with zero attached hydrogens (tertiary/aromatic N) is 1. The Bertz CT molecular complexity index is 684. The largest absolute Gasteiger partial charge is 0.411 e. The third-order valence-electron chi connectivity index (χ3n) is 10.7.